The summed E-state index contributed by atoms with van der Waals surface area (Å²) in [6, 6.07) is 18.1. The average Bonchev–Trinajstić information content (AvgIpc) is 3.12. The standard InChI is InChI=1S/C27H23Cl2NO5S/c1-17-6-9-19(10-7-17)34-13-12-30-26(31)25(36-27(30)32)15-18-8-11-23(33-2)24(14-18)35-16-20-21(28)4-3-5-22(20)29/h3-11,14-15H,12-13,16H2,1-2H3/b25-15-. The van der Waals surface area contributed by atoms with E-state index in [-0.39, 0.29) is 30.9 Å². The van der Waals surface area contributed by atoms with Crippen LogP contribution >= 0.6 is 35.0 Å². The van der Waals surface area contributed by atoms with E-state index in [2.05, 4.69) is 0 Å². The molecule has 3 aromatic carbocycles. The second-order valence-electron chi connectivity index (χ2n) is 7.89. The molecule has 186 valence electrons. The molecule has 9 heteroatoms. The molecule has 0 bridgehead atoms. The Morgan fingerprint density at radius 1 is 0.944 bits per heavy atom. The highest BCUT2D eigenvalue weighted by molar-refractivity contribution is 8.18. The summed E-state index contributed by atoms with van der Waals surface area (Å²) in [7, 11) is 1.54. The molecule has 1 fully saturated rings. The molecule has 0 radical (unpaired) electrons. The molecule has 4 rings (SSSR count). The number of imide groups is 1. The van der Waals surface area contributed by atoms with Crippen LogP contribution in [0.4, 0.5) is 4.79 Å². The zero-order valence-electron chi connectivity index (χ0n) is 19.6. The van der Waals surface area contributed by atoms with Crippen LogP contribution in [0.3, 0.4) is 0 Å². The summed E-state index contributed by atoms with van der Waals surface area (Å²) < 4.78 is 17.0. The van der Waals surface area contributed by atoms with E-state index >= 15 is 0 Å². The van der Waals surface area contributed by atoms with Gasteiger partial charge in [-0.1, -0.05) is 53.0 Å². The molecule has 6 nitrogen and oxygen atoms in total. The molecule has 0 unspecified atom stereocenters. The van der Waals surface area contributed by atoms with Gasteiger partial charge in [-0.25, -0.2) is 0 Å². The Balaban J connectivity index is 1.44. The monoisotopic (exact) mass is 543 g/mol. The van der Waals surface area contributed by atoms with Crippen molar-refractivity contribution in [2.45, 2.75) is 13.5 Å². The van der Waals surface area contributed by atoms with Gasteiger partial charge in [-0.2, -0.15) is 0 Å². The number of nitrogens with zero attached hydrogens (tertiary/aromatic N) is 1. The molecule has 0 N–H and O–H groups in total. The van der Waals surface area contributed by atoms with Gasteiger partial charge in [0.15, 0.2) is 11.5 Å². The number of aryl methyl sites for hydroxylation is 1. The van der Waals surface area contributed by atoms with Crippen LogP contribution in [0, 0.1) is 6.92 Å². The van der Waals surface area contributed by atoms with Crippen molar-refractivity contribution in [1.82, 2.24) is 4.90 Å². The summed E-state index contributed by atoms with van der Waals surface area (Å²) in [5.74, 6) is 1.29. The van der Waals surface area contributed by atoms with Gasteiger partial charge in [0.1, 0.15) is 19.0 Å². The fourth-order valence-electron chi connectivity index (χ4n) is 3.45. The quantitative estimate of drug-likeness (QED) is 0.270. The van der Waals surface area contributed by atoms with Gasteiger partial charge in [0, 0.05) is 15.6 Å². The molecule has 0 saturated carbocycles. The third-order valence-electron chi connectivity index (χ3n) is 5.40. The summed E-state index contributed by atoms with van der Waals surface area (Å²) in [6.45, 7) is 2.49. The molecule has 1 aliphatic heterocycles. The molecular formula is C27H23Cl2NO5S. The highest BCUT2D eigenvalue weighted by Gasteiger charge is 2.34. The molecule has 0 spiro atoms. The van der Waals surface area contributed by atoms with E-state index in [9.17, 15) is 9.59 Å². The highest BCUT2D eigenvalue weighted by Crippen LogP contribution is 2.35. The number of carbonyl (C=O) groups excluding carboxylic acids is 2. The topological polar surface area (TPSA) is 65.1 Å². The molecule has 1 heterocycles. The van der Waals surface area contributed by atoms with Gasteiger partial charge in [-0.15, -0.1) is 0 Å². The highest BCUT2D eigenvalue weighted by atomic mass is 35.5. The van der Waals surface area contributed by atoms with Gasteiger partial charge in [0.25, 0.3) is 11.1 Å². The minimum atomic E-state index is -0.362. The number of amides is 2. The number of thioether (sulfide) groups is 1. The minimum Gasteiger partial charge on any atom is -0.493 e. The second-order valence-corrected chi connectivity index (χ2v) is 9.70. The van der Waals surface area contributed by atoms with Crippen LogP contribution in [0.15, 0.2) is 65.6 Å². The molecule has 36 heavy (non-hydrogen) atoms. The van der Waals surface area contributed by atoms with Crippen molar-refractivity contribution in [3.8, 4) is 17.2 Å². The van der Waals surface area contributed by atoms with Gasteiger partial charge in [-0.05, 0) is 66.7 Å². The number of ether oxygens (including phenoxy) is 3. The Morgan fingerprint density at radius 3 is 2.36 bits per heavy atom. The van der Waals surface area contributed by atoms with Crippen LogP contribution in [-0.2, 0) is 11.4 Å². The molecule has 1 aliphatic rings. The van der Waals surface area contributed by atoms with Crippen molar-refractivity contribution in [1.29, 1.82) is 0 Å². The summed E-state index contributed by atoms with van der Waals surface area (Å²) in [4.78, 5) is 26.8. The SMILES string of the molecule is COc1ccc(/C=C2\SC(=O)N(CCOc3ccc(C)cc3)C2=O)cc1OCc1c(Cl)cccc1Cl. The van der Waals surface area contributed by atoms with E-state index in [0.717, 1.165) is 17.3 Å². The van der Waals surface area contributed by atoms with Crippen LogP contribution in [0.2, 0.25) is 10.0 Å². The van der Waals surface area contributed by atoms with Gasteiger partial charge in [0.05, 0.1) is 18.6 Å². The Morgan fingerprint density at radius 2 is 1.67 bits per heavy atom. The summed E-state index contributed by atoms with van der Waals surface area (Å²) in [5.41, 5.74) is 2.46. The Hall–Kier alpha value is -3.13. The van der Waals surface area contributed by atoms with E-state index in [1.165, 1.54) is 12.0 Å². The van der Waals surface area contributed by atoms with Crippen molar-refractivity contribution in [3.05, 3.63) is 92.3 Å². The number of rotatable bonds is 9. The smallest absolute Gasteiger partial charge is 0.293 e. The Bertz CT molecular complexity index is 1290. The molecule has 0 aliphatic carbocycles. The van der Waals surface area contributed by atoms with Crippen molar-refractivity contribution in [2.24, 2.45) is 0 Å². The number of hydrogen-bond acceptors (Lipinski definition) is 6. The Labute approximate surface area is 223 Å². The van der Waals surface area contributed by atoms with E-state index < -0.39 is 0 Å². The maximum absolute atomic E-state index is 12.9. The summed E-state index contributed by atoms with van der Waals surface area (Å²) in [6.07, 6.45) is 1.65. The van der Waals surface area contributed by atoms with Crippen LogP contribution in [0.1, 0.15) is 16.7 Å². The summed E-state index contributed by atoms with van der Waals surface area (Å²) >= 11 is 13.4. The lowest BCUT2D eigenvalue weighted by Crippen LogP contribution is -2.32. The molecule has 2 amide bonds. The first kappa shape index (κ1) is 25.9. The molecule has 0 atom stereocenters. The number of hydrogen-bond donors (Lipinski definition) is 0. The van der Waals surface area contributed by atoms with Crippen LogP contribution in [0.5, 0.6) is 17.2 Å². The van der Waals surface area contributed by atoms with Crippen LogP contribution in [0.25, 0.3) is 6.08 Å². The maximum Gasteiger partial charge on any atom is 0.293 e. The first-order valence-corrected chi connectivity index (χ1v) is 12.6. The molecule has 0 aromatic heterocycles. The van der Waals surface area contributed by atoms with Crippen LogP contribution in [-0.4, -0.2) is 36.3 Å². The fraction of sp³-hybridized carbons (Fsp3) is 0.185. The van der Waals surface area contributed by atoms with E-state index in [0.29, 0.717) is 43.3 Å². The van der Waals surface area contributed by atoms with Crippen molar-refractivity contribution < 1.29 is 23.8 Å². The number of carbonyl (C=O) groups is 2. The normalized spacial score (nSPS) is 14.4. The van der Waals surface area contributed by atoms with E-state index in [4.69, 9.17) is 37.4 Å². The molecule has 3 aromatic rings. The zero-order valence-corrected chi connectivity index (χ0v) is 22.0. The lowest BCUT2D eigenvalue weighted by molar-refractivity contribution is -0.123. The number of halogens is 2. The minimum absolute atomic E-state index is 0.135. The predicted molar refractivity (Wildman–Crippen MR) is 143 cm³/mol. The maximum atomic E-state index is 12.9. The van der Waals surface area contributed by atoms with E-state index in [1.807, 2.05) is 31.2 Å². The first-order chi connectivity index (χ1) is 17.4. The second kappa shape index (κ2) is 11.7. The van der Waals surface area contributed by atoms with Crippen molar-refractivity contribution >= 4 is 52.2 Å². The van der Waals surface area contributed by atoms with E-state index in [1.54, 1.807) is 42.5 Å². The van der Waals surface area contributed by atoms with Gasteiger partial charge < -0.3 is 14.2 Å². The molecular weight excluding hydrogens is 521 g/mol. The third kappa shape index (κ3) is 6.16. The Kier molecular flexibility index (Phi) is 8.46. The number of methoxy groups -OCH3 is 1. The largest absolute Gasteiger partial charge is 0.493 e. The number of benzene rings is 3. The van der Waals surface area contributed by atoms with Crippen molar-refractivity contribution in [2.75, 3.05) is 20.3 Å². The van der Waals surface area contributed by atoms with Crippen LogP contribution < -0.4 is 14.2 Å². The predicted octanol–water partition coefficient (Wildman–Crippen LogP) is 7.00. The average molecular weight is 544 g/mol. The van der Waals surface area contributed by atoms with Gasteiger partial charge in [0.2, 0.25) is 0 Å². The molecule has 1 saturated heterocycles. The van der Waals surface area contributed by atoms with Crippen molar-refractivity contribution in [3.63, 3.8) is 0 Å². The zero-order chi connectivity index (χ0) is 25.7. The lowest BCUT2D eigenvalue weighted by Gasteiger charge is -2.14. The first-order valence-electron chi connectivity index (χ1n) is 11.0. The van der Waals surface area contributed by atoms with Gasteiger partial charge >= 0.3 is 0 Å². The lowest BCUT2D eigenvalue weighted by atomic mass is 10.1. The summed E-state index contributed by atoms with van der Waals surface area (Å²) in [5, 5.41) is 0.660. The third-order valence-corrected chi connectivity index (χ3v) is 7.01. The van der Waals surface area contributed by atoms with Gasteiger partial charge in [-0.3, -0.25) is 14.5 Å². The fourth-order valence-corrected chi connectivity index (χ4v) is 4.82.